The molecule has 2 heterocycles. The highest BCUT2D eigenvalue weighted by molar-refractivity contribution is 5.82. The standard InChI is InChI=1S/C13H24N2O2/c1-9-4-3-5-10(2)15(9)13(16)12-7-6-11(8-14)17-12/h9-12H,3-8,14H2,1-2H3/t9?,10?,11-,12+/m1/s1. The maximum absolute atomic E-state index is 12.4. The number of amides is 1. The van der Waals surface area contributed by atoms with Gasteiger partial charge < -0.3 is 15.4 Å². The van der Waals surface area contributed by atoms with Gasteiger partial charge in [-0.15, -0.1) is 0 Å². The highest BCUT2D eigenvalue weighted by Gasteiger charge is 2.37. The van der Waals surface area contributed by atoms with Gasteiger partial charge in [-0.2, -0.15) is 0 Å². The third kappa shape index (κ3) is 2.63. The van der Waals surface area contributed by atoms with Crippen molar-refractivity contribution >= 4 is 5.91 Å². The topological polar surface area (TPSA) is 55.6 Å². The monoisotopic (exact) mass is 240 g/mol. The fourth-order valence-corrected chi connectivity index (χ4v) is 3.08. The molecule has 0 saturated carbocycles. The number of carbonyl (C=O) groups excluding carboxylic acids is 1. The summed E-state index contributed by atoms with van der Waals surface area (Å²) in [6, 6.07) is 0.707. The quantitative estimate of drug-likeness (QED) is 0.791. The minimum absolute atomic E-state index is 0.0827. The molecule has 98 valence electrons. The first-order valence-electron chi connectivity index (χ1n) is 6.81. The molecular weight excluding hydrogens is 216 g/mol. The van der Waals surface area contributed by atoms with Crippen molar-refractivity contribution in [2.24, 2.45) is 5.73 Å². The van der Waals surface area contributed by atoms with Crippen LogP contribution in [-0.4, -0.2) is 41.6 Å². The molecule has 2 aliphatic rings. The highest BCUT2D eigenvalue weighted by atomic mass is 16.5. The molecule has 1 amide bonds. The van der Waals surface area contributed by atoms with E-state index in [0.717, 1.165) is 25.7 Å². The fraction of sp³-hybridized carbons (Fsp3) is 0.923. The Morgan fingerprint density at radius 3 is 2.41 bits per heavy atom. The van der Waals surface area contributed by atoms with Gasteiger partial charge in [0, 0.05) is 18.6 Å². The maximum Gasteiger partial charge on any atom is 0.252 e. The van der Waals surface area contributed by atoms with E-state index in [0.29, 0.717) is 18.6 Å². The van der Waals surface area contributed by atoms with E-state index in [2.05, 4.69) is 13.8 Å². The zero-order valence-electron chi connectivity index (χ0n) is 10.9. The minimum Gasteiger partial charge on any atom is -0.364 e. The average Bonchev–Trinajstić information content (AvgIpc) is 2.77. The van der Waals surface area contributed by atoms with Gasteiger partial charge in [-0.05, 0) is 46.0 Å². The molecule has 4 heteroatoms. The lowest BCUT2D eigenvalue weighted by atomic mass is 9.96. The van der Waals surface area contributed by atoms with Crippen LogP contribution in [0.15, 0.2) is 0 Å². The number of rotatable bonds is 2. The van der Waals surface area contributed by atoms with Gasteiger partial charge in [-0.25, -0.2) is 0 Å². The summed E-state index contributed by atoms with van der Waals surface area (Å²) in [6.07, 6.45) is 5.04. The van der Waals surface area contributed by atoms with E-state index in [9.17, 15) is 4.79 Å². The molecule has 2 rings (SSSR count). The molecule has 4 nitrogen and oxygen atoms in total. The number of piperidine rings is 1. The second-order valence-electron chi connectivity index (χ2n) is 5.43. The normalized spacial score (nSPS) is 38.4. The Morgan fingerprint density at radius 1 is 1.24 bits per heavy atom. The first-order chi connectivity index (χ1) is 8.13. The van der Waals surface area contributed by atoms with Gasteiger partial charge in [0.2, 0.25) is 0 Å². The summed E-state index contributed by atoms with van der Waals surface area (Å²) in [7, 11) is 0. The second-order valence-corrected chi connectivity index (χ2v) is 5.43. The number of nitrogens with zero attached hydrogens (tertiary/aromatic N) is 1. The summed E-state index contributed by atoms with van der Waals surface area (Å²) in [5.41, 5.74) is 5.58. The van der Waals surface area contributed by atoms with Gasteiger partial charge in [0.05, 0.1) is 6.10 Å². The van der Waals surface area contributed by atoms with Crippen molar-refractivity contribution in [3.63, 3.8) is 0 Å². The molecule has 2 aliphatic heterocycles. The lowest BCUT2D eigenvalue weighted by Gasteiger charge is -2.40. The molecule has 2 N–H and O–H groups in total. The van der Waals surface area contributed by atoms with Gasteiger partial charge in [0.25, 0.3) is 5.91 Å². The van der Waals surface area contributed by atoms with E-state index in [1.807, 2.05) is 4.90 Å². The number of likely N-dealkylation sites (tertiary alicyclic amines) is 1. The van der Waals surface area contributed by atoms with Crippen LogP contribution in [0.3, 0.4) is 0 Å². The van der Waals surface area contributed by atoms with Crippen LogP contribution < -0.4 is 5.73 Å². The Balaban J connectivity index is 1.99. The Kier molecular flexibility index (Phi) is 4.05. The van der Waals surface area contributed by atoms with Gasteiger partial charge in [-0.1, -0.05) is 0 Å². The van der Waals surface area contributed by atoms with Gasteiger partial charge >= 0.3 is 0 Å². The van der Waals surface area contributed by atoms with Crippen molar-refractivity contribution in [2.45, 2.75) is 70.2 Å². The molecular formula is C13H24N2O2. The lowest BCUT2D eigenvalue weighted by molar-refractivity contribution is -0.149. The summed E-state index contributed by atoms with van der Waals surface area (Å²) in [5.74, 6) is 0.181. The van der Waals surface area contributed by atoms with Gasteiger partial charge in [0.1, 0.15) is 6.10 Å². The van der Waals surface area contributed by atoms with Crippen molar-refractivity contribution in [1.82, 2.24) is 4.90 Å². The first kappa shape index (κ1) is 12.8. The predicted octanol–water partition coefficient (Wildman–Crippen LogP) is 1.28. The number of carbonyl (C=O) groups is 1. The van der Waals surface area contributed by atoms with Crippen molar-refractivity contribution in [3.8, 4) is 0 Å². The molecule has 2 fully saturated rings. The molecule has 0 radical (unpaired) electrons. The van der Waals surface area contributed by atoms with Crippen LogP contribution in [0.1, 0.15) is 46.0 Å². The predicted molar refractivity (Wildman–Crippen MR) is 66.6 cm³/mol. The third-order valence-corrected chi connectivity index (χ3v) is 4.09. The molecule has 4 atom stereocenters. The van der Waals surface area contributed by atoms with Crippen molar-refractivity contribution in [1.29, 1.82) is 0 Å². The molecule has 0 aliphatic carbocycles. The van der Waals surface area contributed by atoms with Crippen LogP contribution >= 0.6 is 0 Å². The van der Waals surface area contributed by atoms with Gasteiger partial charge in [0.15, 0.2) is 0 Å². The number of hydrogen-bond acceptors (Lipinski definition) is 3. The largest absolute Gasteiger partial charge is 0.364 e. The molecule has 0 aromatic carbocycles. The molecule has 0 aromatic rings. The highest BCUT2D eigenvalue weighted by Crippen LogP contribution is 2.27. The summed E-state index contributed by atoms with van der Waals surface area (Å²) in [6.45, 7) is 4.81. The molecule has 0 aromatic heterocycles. The van der Waals surface area contributed by atoms with Crippen molar-refractivity contribution < 1.29 is 9.53 Å². The SMILES string of the molecule is CC1CCCC(C)N1C(=O)[C@@H]1CC[C@H](CN)O1. The third-order valence-electron chi connectivity index (χ3n) is 4.09. The minimum atomic E-state index is -0.244. The van der Waals surface area contributed by atoms with Crippen LogP contribution in [-0.2, 0) is 9.53 Å². The van der Waals surface area contributed by atoms with Crippen LogP contribution in [0, 0.1) is 0 Å². The Hall–Kier alpha value is -0.610. The summed E-state index contributed by atoms with van der Waals surface area (Å²) in [5, 5.41) is 0. The number of hydrogen-bond donors (Lipinski definition) is 1. The van der Waals surface area contributed by atoms with E-state index in [-0.39, 0.29) is 18.1 Å². The first-order valence-corrected chi connectivity index (χ1v) is 6.81. The molecule has 17 heavy (non-hydrogen) atoms. The van der Waals surface area contributed by atoms with Gasteiger partial charge in [-0.3, -0.25) is 4.79 Å². The maximum atomic E-state index is 12.4. The second kappa shape index (κ2) is 5.36. The van der Waals surface area contributed by atoms with E-state index < -0.39 is 0 Å². The average molecular weight is 240 g/mol. The zero-order chi connectivity index (χ0) is 12.4. The van der Waals surface area contributed by atoms with Crippen molar-refractivity contribution in [2.75, 3.05) is 6.54 Å². The summed E-state index contributed by atoms with van der Waals surface area (Å²) >= 11 is 0. The molecule has 2 unspecified atom stereocenters. The van der Waals surface area contributed by atoms with Crippen LogP contribution in [0.25, 0.3) is 0 Å². The smallest absolute Gasteiger partial charge is 0.252 e. The fourth-order valence-electron chi connectivity index (χ4n) is 3.08. The molecule has 2 saturated heterocycles. The van der Waals surface area contributed by atoms with E-state index in [4.69, 9.17) is 10.5 Å². The molecule has 0 spiro atoms. The Morgan fingerprint density at radius 2 is 1.88 bits per heavy atom. The lowest BCUT2D eigenvalue weighted by Crippen LogP contribution is -2.51. The van der Waals surface area contributed by atoms with Crippen LogP contribution in [0.2, 0.25) is 0 Å². The van der Waals surface area contributed by atoms with Crippen LogP contribution in [0.4, 0.5) is 0 Å². The Labute approximate surface area is 103 Å². The molecule has 0 bridgehead atoms. The zero-order valence-corrected chi connectivity index (χ0v) is 10.9. The Bertz CT molecular complexity index is 273. The number of ether oxygens (including phenoxy) is 1. The summed E-state index contributed by atoms with van der Waals surface area (Å²) < 4.78 is 5.71. The summed E-state index contributed by atoms with van der Waals surface area (Å²) in [4.78, 5) is 14.5. The van der Waals surface area contributed by atoms with Crippen molar-refractivity contribution in [3.05, 3.63) is 0 Å². The van der Waals surface area contributed by atoms with E-state index in [1.54, 1.807) is 0 Å². The van der Waals surface area contributed by atoms with Crippen LogP contribution in [0.5, 0.6) is 0 Å². The van der Waals surface area contributed by atoms with E-state index in [1.165, 1.54) is 6.42 Å². The van der Waals surface area contributed by atoms with E-state index >= 15 is 0 Å². The number of nitrogens with two attached hydrogens (primary N) is 1.